The first kappa shape index (κ1) is 32.2. The molecule has 0 saturated heterocycles. The predicted octanol–water partition coefficient (Wildman–Crippen LogP) is 13.5. The highest BCUT2D eigenvalue weighted by Crippen LogP contribution is 2.43. The minimum Gasteiger partial charge on any atom is -0.314 e. The average molecular weight is 648 g/mol. The molecule has 0 saturated carbocycles. The summed E-state index contributed by atoms with van der Waals surface area (Å²) >= 11 is 0. The molecule has 0 amide bonds. The van der Waals surface area contributed by atoms with Gasteiger partial charge in [-0.25, -0.2) is 0 Å². The summed E-state index contributed by atoms with van der Waals surface area (Å²) in [6, 6.07) is 62.8. The van der Waals surface area contributed by atoms with Crippen LogP contribution in [0.1, 0.15) is 18.2 Å². The van der Waals surface area contributed by atoms with E-state index in [-0.39, 0.29) is 0 Å². The Hall–Kier alpha value is -6.32. The summed E-state index contributed by atoms with van der Waals surface area (Å²) in [6.07, 6.45) is 1.75. The van der Waals surface area contributed by atoms with E-state index in [1.165, 1.54) is 38.6 Å². The molecule has 244 valence electrons. The number of anilines is 6. The first-order chi connectivity index (χ1) is 24.6. The van der Waals surface area contributed by atoms with E-state index in [1.807, 2.05) is 6.92 Å². The Kier molecular flexibility index (Phi) is 9.30. The lowest BCUT2D eigenvalue weighted by molar-refractivity contribution is 1.04. The highest BCUT2D eigenvalue weighted by molar-refractivity contribution is 6.00. The van der Waals surface area contributed by atoms with Gasteiger partial charge in [-0.15, -0.1) is 6.58 Å². The molecule has 0 aliphatic heterocycles. The number of fused-ring (bicyclic) bond motifs is 2. The Labute approximate surface area is 295 Å². The van der Waals surface area contributed by atoms with E-state index in [0.29, 0.717) is 0 Å². The van der Waals surface area contributed by atoms with Gasteiger partial charge in [0.2, 0.25) is 0 Å². The molecule has 1 heterocycles. The van der Waals surface area contributed by atoms with Crippen LogP contribution in [-0.4, -0.2) is 4.57 Å². The number of para-hydroxylation sites is 3. The minimum atomic E-state index is 1.10. The van der Waals surface area contributed by atoms with Crippen molar-refractivity contribution in [2.75, 3.05) is 9.80 Å². The predicted molar refractivity (Wildman–Crippen MR) is 215 cm³/mol. The zero-order chi connectivity index (χ0) is 34.5. The SMILES string of the molecule is C=CC.Cc1c(C)n(-c2ccccc2)c2ccc(N(c3ccc(N(c4ccccc4)c4ccccc4)cc3)c3cccc4ccccc34)cc12. The van der Waals surface area contributed by atoms with Gasteiger partial charge < -0.3 is 14.4 Å². The van der Waals surface area contributed by atoms with Gasteiger partial charge in [0.1, 0.15) is 0 Å². The highest BCUT2D eigenvalue weighted by atomic mass is 15.2. The van der Waals surface area contributed by atoms with Crippen molar-refractivity contribution in [1.29, 1.82) is 0 Å². The Balaban J connectivity index is 0.00000126. The van der Waals surface area contributed by atoms with E-state index in [4.69, 9.17) is 0 Å². The molecular formula is C47H41N3. The van der Waals surface area contributed by atoms with Crippen molar-refractivity contribution >= 4 is 55.8 Å². The van der Waals surface area contributed by atoms with Crippen LogP contribution >= 0.6 is 0 Å². The number of hydrogen-bond donors (Lipinski definition) is 0. The number of aryl methyl sites for hydroxylation is 1. The Morgan fingerprint density at radius 1 is 0.480 bits per heavy atom. The summed E-state index contributed by atoms with van der Waals surface area (Å²) in [7, 11) is 0. The number of benzene rings is 7. The molecule has 0 atom stereocenters. The van der Waals surface area contributed by atoms with Crippen LogP contribution in [0.4, 0.5) is 34.1 Å². The van der Waals surface area contributed by atoms with Crippen LogP contribution in [0.3, 0.4) is 0 Å². The van der Waals surface area contributed by atoms with E-state index in [9.17, 15) is 0 Å². The molecule has 3 nitrogen and oxygen atoms in total. The standard InChI is InChI=1S/C44H35N3.C3H6/c1-32-33(2)45(35-17-6-3-7-18-35)44-30-29-40(31-42(32)44)47(43-24-14-16-34-15-12-13-23-41(34)43)39-27-25-38(26-28-39)46(36-19-8-4-9-20-36)37-21-10-5-11-22-37;1-3-2/h3-31H,1-2H3;3H,1H2,2H3. The Morgan fingerprint density at radius 3 is 1.58 bits per heavy atom. The monoisotopic (exact) mass is 647 g/mol. The van der Waals surface area contributed by atoms with Gasteiger partial charge in [0.25, 0.3) is 0 Å². The van der Waals surface area contributed by atoms with Crippen molar-refractivity contribution in [3.05, 3.63) is 200 Å². The molecule has 0 radical (unpaired) electrons. The van der Waals surface area contributed by atoms with Crippen LogP contribution in [0.25, 0.3) is 27.4 Å². The van der Waals surface area contributed by atoms with Crippen LogP contribution in [0.15, 0.2) is 189 Å². The van der Waals surface area contributed by atoms with Gasteiger partial charge >= 0.3 is 0 Å². The number of aromatic nitrogens is 1. The van der Waals surface area contributed by atoms with Gasteiger partial charge in [0, 0.05) is 50.6 Å². The van der Waals surface area contributed by atoms with E-state index in [1.54, 1.807) is 6.08 Å². The number of rotatable bonds is 7. The van der Waals surface area contributed by atoms with Crippen molar-refractivity contribution in [3.8, 4) is 5.69 Å². The van der Waals surface area contributed by atoms with Gasteiger partial charge in [0.05, 0.1) is 11.2 Å². The molecule has 0 aliphatic rings. The topological polar surface area (TPSA) is 11.4 Å². The van der Waals surface area contributed by atoms with E-state index < -0.39 is 0 Å². The molecule has 50 heavy (non-hydrogen) atoms. The summed E-state index contributed by atoms with van der Waals surface area (Å²) in [5.41, 5.74) is 11.7. The maximum Gasteiger partial charge on any atom is 0.0540 e. The number of allylic oxidation sites excluding steroid dienone is 1. The van der Waals surface area contributed by atoms with Crippen molar-refractivity contribution in [1.82, 2.24) is 4.57 Å². The molecule has 0 bridgehead atoms. The normalized spacial score (nSPS) is 10.8. The second-order valence-electron chi connectivity index (χ2n) is 12.3. The molecule has 0 unspecified atom stereocenters. The third-order valence-corrected chi connectivity index (χ3v) is 9.18. The lowest BCUT2D eigenvalue weighted by Gasteiger charge is -2.29. The van der Waals surface area contributed by atoms with Crippen LogP contribution in [0, 0.1) is 13.8 Å². The molecule has 3 heteroatoms. The lowest BCUT2D eigenvalue weighted by atomic mass is 10.1. The van der Waals surface area contributed by atoms with Crippen LogP contribution in [0.5, 0.6) is 0 Å². The Bertz CT molecular complexity index is 2310. The summed E-state index contributed by atoms with van der Waals surface area (Å²) in [4.78, 5) is 4.70. The van der Waals surface area contributed by atoms with Gasteiger partial charge in [-0.05, 0) is 117 Å². The highest BCUT2D eigenvalue weighted by Gasteiger charge is 2.20. The quantitative estimate of drug-likeness (QED) is 0.160. The first-order valence-electron chi connectivity index (χ1n) is 17.1. The third-order valence-electron chi connectivity index (χ3n) is 9.18. The Morgan fingerprint density at radius 2 is 0.960 bits per heavy atom. The average Bonchev–Trinajstić information content (AvgIpc) is 3.42. The van der Waals surface area contributed by atoms with Crippen molar-refractivity contribution < 1.29 is 0 Å². The van der Waals surface area contributed by atoms with Gasteiger partial charge in [-0.2, -0.15) is 0 Å². The van der Waals surface area contributed by atoms with Gasteiger partial charge in [-0.3, -0.25) is 0 Å². The molecule has 0 fully saturated rings. The molecule has 0 N–H and O–H groups in total. The fourth-order valence-corrected chi connectivity index (χ4v) is 6.79. The fraction of sp³-hybridized carbons (Fsp3) is 0.0638. The number of nitrogens with zero attached hydrogens (tertiary/aromatic N) is 3. The summed E-state index contributed by atoms with van der Waals surface area (Å²) in [6.45, 7) is 9.70. The van der Waals surface area contributed by atoms with Crippen LogP contribution in [-0.2, 0) is 0 Å². The summed E-state index contributed by atoms with van der Waals surface area (Å²) in [5, 5.41) is 3.68. The summed E-state index contributed by atoms with van der Waals surface area (Å²) in [5.74, 6) is 0. The van der Waals surface area contributed by atoms with Crippen molar-refractivity contribution in [2.24, 2.45) is 0 Å². The third kappa shape index (κ3) is 6.18. The zero-order valence-corrected chi connectivity index (χ0v) is 28.9. The fourth-order valence-electron chi connectivity index (χ4n) is 6.79. The van der Waals surface area contributed by atoms with Gasteiger partial charge in [-0.1, -0.05) is 97.1 Å². The lowest BCUT2D eigenvalue weighted by Crippen LogP contribution is -2.12. The maximum absolute atomic E-state index is 3.36. The van der Waals surface area contributed by atoms with Crippen LogP contribution in [0.2, 0.25) is 0 Å². The summed E-state index contributed by atoms with van der Waals surface area (Å²) < 4.78 is 2.37. The largest absolute Gasteiger partial charge is 0.314 e. The number of hydrogen-bond acceptors (Lipinski definition) is 2. The molecule has 8 rings (SSSR count). The first-order valence-corrected chi connectivity index (χ1v) is 17.1. The minimum absolute atomic E-state index is 1.10. The second-order valence-corrected chi connectivity index (χ2v) is 12.3. The molecule has 0 spiro atoms. The van der Waals surface area contributed by atoms with E-state index in [0.717, 1.165) is 34.1 Å². The second kappa shape index (κ2) is 14.4. The van der Waals surface area contributed by atoms with Crippen LogP contribution < -0.4 is 9.80 Å². The van der Waals surface area contributed by atoms with E-state index in [2.05, 4.69) is 211 Å². The molecule has 1 aromatic heterocycles. The van der Waals surface area contributed by atoms with Crippen molar-refractivity contribution in [3.63, 3.8) is 0 Å². The molecule has 0 aliphatic carbocycles. The molecular weight excluding hydrogens is 607 g/mol. The smallest absolute Gasteiger partial charge is 0.0540 e. The maximum atomic E-state index is 3.36. The molecule has 7 aromatic carbocycles. The van der Waals surface area contributed by atoms with Crippen molar-refractivity contribution in [2.45, 2.75) is 20.8 Å². The molecule has 8 aromatic rings. The van der Waals surface area contributed by atoms with Gasteiger partial charge in [0.15, 0.2) is 0 Å². The zero-order valence-electron chi connectivity index (χ0n) is 28.9. The van der Waals surface area contributed by atoms with E-state index >= 15 is 0 Å².